The highest BCUT2D eigenvalue weighted by Gasteiger charge is 2.43. The Hall–Kier alpha value is -3.39. The van der Waals surface area contributed by atoms with Crippen LogP contribution in [0.1, 0.15) is 78.7 Å². The predicted molar refractivity (Wildman–Crippen MR) is 166 cm³/mol. The molecule has 0 unspecified atom stereocenters. The zero-order valence-corrected chi connectivity index (χ0v) is 25.7. The molecule has 0 bridgehead atoms. The number of piperidine rings is 1. The van der Waals surface area contributed by atoms with E-state index in [1.54, 1.807) is 0 Å². The van der Waals surface area contributed by atoms with E-state index in [2.05, 4.69) is 17.6 Å². The van der Waals surface area contributed by atoms with Gasteiger partial charge in [0.05, 0.1) is 23.1 Å². The molecule has 3 amide bonds. The molecular formula is C34H46N4O4. The minimum atomic E-state index is -0.939. The van der Waals surface area contributed by atoms with Crippen molar-refractivity contribution in [2.24, 2.45) is 11.8 Å². The molecule has 2 N–H and O–H groups in total. The molecular weight excluding hydrogens is 528 g/mol. The molecule has 2 aromatic rings. The number of carbonyl (C=O) groups excluding carboxylic acids is 3. The Labute approximate surface area is 250 Å². The number of hydrogen-bond acceptors (Lipinski definition) is 5. The topological polar surface area (TPSA) is 91.0 Å². The summed E-state index contributed by atoms with van der Waals surface area (Å²) in [5.74, 6) is -0.0187. The van der Waals surface area contributed by atoms with Gasteiger partial charge in [-0.3, -0.25) is 14.4 Å². The Balaban J connectivity index is 1.34. The number of nitrogens with one attached hydrogen (secondary N) is 2. The number of unbranched alkanes of at least 4 members (excludes halogenated alkanes) is 2. The van der Waals surface area contributed by atoms with Gasteiger partial charge >= 0.3 is 0 Å². The zero-order valence-electron chi connectivity index (χ0n) is 25.7. The van der Waals surface area contributed by atoms with Crippen LogP contribution in [0.15, 0.2) is 48.5 Å². The molecule has 3 aliphatic rings. The number of hydrogen-bond donors (Lipinski definition) is 2. The van der Waals surface area contributed by atoms with Crippen molar-refractivity contribution in [3.63, 3.8) is 0 Å². The Kier molecular flexibility index (Phi) is 8.65. The zero-order chi connectivity index (χ0) is 30.1. The fourth-order valence-electron chi connectivity index (χ4n) is 6.16. The van der Waals surface area contributed by atoms with E-state index in [9.17, 15) is 14.4 Å². The third kappa shape index (κ3) is 6.33. The first-order valence-electron chi connectivity index (χ1n) is 15.6. The normalized spacial score (nSPS) is 21.7. The molecule has 0 aromatic heterocycles. The summed E-state index contributed by atoms with van der Waals surface area (Å²) in [6.07, 6.45) is 5.40. The quantitative estimate of drug-likeness (QED) is 0.383. The van der Waals surface area contributed by atoms with E-state index in [0.717, 1.165) is 49.0 Å². The highest BCUT2D eigenvalue weighted by Crippen LogP contribution is 2.43. The number of nitrogens with zero attached hydrogens (tertiary/aromatic N) is 2. The molecule has 8 heteroatoms. The number of amides is 3. The first kappa shape index (κ1) is 30.1. The van der Waals surface area contributed by atoms with Gasteiger partial charge in [-0.25, -0.2) is 0 Å². The Morgan fingerprint density at radius 2 is 1.79 bits per heavy atom. The van der Waals surface area contributed by atoms with Crippen LogP contribution in [0, 0.1) is 11.8 Å². The van der Waals surface area contributed by atoms with Gasteiger partial charge in [0, 0.05) is 31.4 Å². The van der Waals surface area contributed by atoms with Crippen molar-refractivity contribution in [2.75, 3.05) is 29.4 Å². The van der Waals surface area contributed by atoms with Crippen molar-refractivity contribution in [2.45, 2.75) is 90.3 Å². The lowest BCUT2D eigenvalue weighted by Crippen LogP contribution is -2.53. The summed E-state index contributed by atoms with van der Waals surface area (Å²) in [4.78, 5) is 44.7. The molecule has 1 saturated carbocycles. The van der Waals surface area contributed by atoms with Crippen LogP contribution in [0.3, 0.4) is 0 Å². The summed E-state index contributed by atoms with van der Waals surface area (Å²) in [6, 6.07) is 15.9. The van der Waals surface area contributed by atoms with E-state index in [0.29, 0.717) is 31.8 Å². The molecule has 2 fully saturated rings. The van der Waals surface area contributed by atoms with E-state index >= 15 is 0 Å². The Morgan fingerprint density at radius 3 is 2.48 bits per heavy atom. The number of anilines is 2. The molecule has 2 heterocycles. The van der Waals surface area contributed by atoms with Gasteiger partial charge in [-0.2, -0.15) is 0 Å². The second-order valence-corrected chi connectivity index (χ2v) is 13.1. The SMILES string of the molecule is CCCCCN1C(=O)C(C)(C)Oc2ccc(N(C(=O)[C@H]3CNC[C@@H](C(=O)NC(C)(C)c4ccccc4)C3)C3CC3)cc21. The molecule has 8 nitrogen and oxygen atoms in total. The van der Waals surface area contributed by atoms with Crippen LogP contribution < -0.4 is 25.2 Å². The minimum absolute atomic E-state index is 0.0330. The van der Waals surface area contributed by atoms with Gasteiger partial charge in [0.15, 0.2) is 5.60 Å². The van der Waals surface area contributed by atoms with Crippen LogP contribution >= 0.6 is 0 Å². The maximum absolute atomic E-state index is 14.1. The fraction of sp³-hybridized carbons (Fsp3) is 0.559. The van der Waals surface area contributed by atoms with Gasteiger partial charge in [0.1, 0.15) is 5.75 Å². The van der Waals surface area contributed by atoms with E-state index < -0.39 is 11.1 Å². The van der Waals surface area contributed by atoms with Crippen molar-refractivity contribution in [1.82, 2.24) is 10.6 Å². The summed E-state index contributed by atoms with van der Waals surface area (Å²) >= 11 is 0. The Bertz CT molecular complexity index is 1300. The molecule has 0 spiro atoms. The van der Waals surface area contributed by atoms with E-state index in [1.165, 1.54) is 0 Å². The van der Waals surface area contributed by atoms with Crippen LogP contribution in [0.5, 0.6) is 5.75 Å². The maximum atomic E-state index is 14.1. The standard InChI is InChI=1S/C34H46N4O4/c1-6-7-11-18-37-28-20-27(16-17-29(28)42-34(4,5)32(37)41)38(26-14-15-26)31(40)24-19-23(21-35-22-24)30(39)36-33(2,3)25-12-9-8-10-13-25/h8-10,12-13,16-17,20,23-24,26,35H,6-7,11,14-15,18-19,21-22H2,1-5H3,(H,36,39)/t23-,24+/m0/s1. The van der Waals surface area contributed by atoms with Gasteiger partial charge in [0.2, 0.25) is 11.8 Å². The minimum Gasteiger partial charge on any atom is -0.476 e. The lowest BCUT2D eigenvalue weighted by Gasteiger charge is -2.40. The molecule has 226 valence electrons. The number of rotatable bonds is 10. The average molecular weight is 575 g/mol. The molecule has 1 aliphatic carbocycles. The van der Waals surface area contributed by atoms with Crippen molar-refractivity contribution in [1.29, 1.82) is 0 Å². The summed E-state index contributed by atoms with van der Waals surface area (Å²) in [5.41, 5.74) is 1.10. The number of fused-ring (bicyclic) bond motifs is 1. The van der Waals surface area contributed by atoms with Crippen LogP contribution in [0.25, 0.3) is 0 Å². The van der Waals surface area contributed by atoms with Crippen molar-refractivity contribution in [3.05, 3.63) is 54.1 Å². The first-order valence-corrected chi connectivity index (χ1v) is 15.6. The molecule has 42 heavy (non-hydrogen) atoms. The maximum Gasteiger partial charge on any atom is 0.270 e. The lowest BCUT2D eigenvalue weighted by molar-refractivity contribution is -0.132. The highest BCUT2D eigenvalue weighted by molar-refractivity contribution is 6.04. The monoisotopic (exact) mass is 574 g/mol. The van der Waals surface area contributed by atoms with Gasteiger partial charge in [-0.05, 0) is 77.1 Å². The summed E-state index contributed by atoms with van der Waals surface area (Å²) < 4.78 is 6.12. The van der Waals surface area contributed by atoms with Crippen LogP contribution in [-0.2, 0) is 19.9 Å². The molecule has 2 atom stereocenters. The molecule has 1 saturated heterocycles. The van der Waals surface area contributed by atoms with Crippen molar-refractivity contribution >= 4 is 29.1 Å². The average Bonchev–Trinajstić information content (AvgIpc) is 3.81. The lowest BCUT2D eigenvalue weighted by atomic mass is 9.87. The number of benzene rings is 2. The Morgan fingerprint density at radius 1 is 1.07 bits per heavy atom. The predicted octanol–water partition coefficient (Wildman–Crippen LogP) is 5.15. The molecule has 2 aliphatic heterocycles. The number of carbonyl (C=O) groups is 3. The fourth-order valence-corrected chi connectivity index (χ4v) is 6.16. The van der Waals surface area contributed by atoms with Crippen LogP contribution in [0.2, 0.25) is 0 Å². The van der Waals surface area contributed by atoms with Gasteiger partial charge < -0.3 is 25.2 Å². The van der Waals surface area contributed by atoms with Crippen molar-refractivity contribution < 1.29 is 19.1 Å². The third-order valence-electron chi connectivity index (χ3n) is 8.77. The van der Waals surface area contributed by atoms with E-state index in [1.807, 2.05) is 86.0 Å². The van der Waals surface area contributed by atoms with E-state index in [4.69, 9.17) is 4.74 Å². The summed E-state index contributed by atoms with van der Waals surface area (Å²) in [7, 11) is 0. The molecule has 5 rings (SSSR count). The van der Waals surface area contributed by atoms with Gasteiger partial charge in [0.25, 0.3) is 5.91 Å². The third-order valence-corrected chi connectivity index (χ3v) is 8.77. The summed E-state index contributed by atoms with van der Waals surface area (Å²) in [6.45, 7) is 11.5. The van der Waals surface area contributed by atoms with Crippen molar-refractivity contribution in [3.8, 4) is 5.75 Å². The van der Waals surface area contributed by atoms with E-state index in [-0.39, 0.29) is 35.6 Å². The summed E-state index contributed by atoms with van der Waals surface area (Å²) in [5, 5.41) is 6.57. The second-order valence-electron chi connectivity index (χ2n) is 13.1. The van der Waals surface area contributed by atoms with Crippen LogP contribution in [0.4, 0.5) is 11.4 Å². The highest BCUT2D eigenvalue weighted by atomic mass is 16.5. The molecule has 2 aromatic carbocycles. The number of ether oxygens (including phenoxy) is 1. The van der Waals surface area contributed by atoms with Gasteiger partial charge in [-0.1, -0.05) is 50.1 Å². The van der Waals surface area contributed by atoms with Gasteiger partial charge in [-0.15, -0.1) is 0 Å². The smallest absolute Gasteiger partial charge is 0.270 e. The molecule has 0 radical (unpaired) electrons. The first-order chi connectivity index (χ1) is 20.0. The largest absolute Gasteiger partial charge is 0.476 e. The second kappa shape index (κ2) is 12.1. The van der Waals surface area contributed by atoms with Crippen LogP contribution in [-0.4, -0.2) is 49.0 Å².